The van der Waals surface area contributed by atoms with Crippen LogP contribution in [0.4, 0.5) is 15.9 Å². The number of halogens is 2. The molecule has 2 unspecified atom stereocenters. The molecule has 1 fully saturated rings. The summed E-state index contributed by atoms with van der Waals surface area (Å²) in [7, 11) is 0. The number of hydrogen-bond donors (Lipinski definition) is 2. The van der Waals surface area contributed by atoms with Crippen LogP contribution >= 0.6 is 11.6 Å². The molecule has 1 saturated heterocycles. The molecule has 1 amide bonds. The molecule has 1 aliphatic rings. The smallest absolute Gasteiger partial charge is 0.241 e. The zero-order valence-corrected chi connectivity index (χ0v) is 24.3. The number of carbonyl (C=O) groups excluding carboxylic acids is 1. The van der Waals surface area contributed by atoms with Crippen molar-refractivity contribution in [3.05, 3.63) is 95.0 Å². The fourth-order valence-corrected chi connectivity index (χ4v) is 5.61. The molecule has 218 valence electrons. The molecular formula is C32H33ClFN5O3. The number of benzene rings is 3. The Labute approximate surface area is 249 Å². The van der Waals surface area contributed by atoms with Crippen LogP contribution in [0.15, 0.2) is 73.1 Å². The molecule has 0 spiro atoms. The number of likely N-dealkylation sites (tertiary alicyclic amines) is 1. The summed E-state index contributed by atoms with van der Waals surface area (Å²) >= 11 is 6.65. The van der Waals surface area contributed by atoms with Gasteiger partial charge in [-0.15, -0.1) is 0 Å². The summed E-state index contributed by atoms with van der Waals surface area (Å²) < 4.78 is 25.6. The van der Waals surface area contributed by atoms with Gasteiger partial charge in [0.1, 0.15) is 36.1 Å². The number of nitrogens with zero attached hydrogens (tertiary/aromatic N) is 3. The van der Waals surface area contributed by atoms with Gasteiger partial charge in [0.15, 0.2) is 0 Å². The first kappa shape index (κ1) is 29.3. The second kappa shape index (κ2) is 13.2. The highest BCUT2D eigenvalue weighted by molar-refractivity contribution is 6.33. The van der Waals surface area contributed by atoms with E-state index in [0.717, 1.165) is 47.3 Å². The molecule has 42 heavy (non-hydrogen) atoms. The quantitative estimate of drug-likeness (QED) is 0.196. The number of aromatic nitrogens is 2. The number of nitrogens with one attached hydrogen (secondary N) is 1. The molecule has 5 rings (SSSR count). The first-order valence-corrected chi connectivity index (χ1v) is 14.3. The lowest BCUT2D eigenvalue weighted by Gasteiger charge is -2.20. The standard InChI is InChI=1S/C32H33ClFN5O3/c1-3-39-17-21(15-23(39)8-13-29(35)40)25-10-12-28-30(31(25)41-4-2)32(37-19-36-28)38-27-11-9-24(16-26(27)33)42-18-20-6-5-7-22(34)14-20/h5-14,16,19,21,23H,3-4,15,17-18H2,1-2H3,(H2,35,40)(H,36,37,38)/b13-8+. The van der Waals surface area contributed by atoms with Crippen LogP contribution in [-0.4, -0.2) is 46.5 Å². The highest BCUT2D eigenvalue weighted by atomic mass is 35.5. The Morgan fingerprint density at radius 1 is 1.17 bits per heavy atom. The Kier molecular flexibility index (Phi) is 9.19. The van der Waals surface area contributed by atoms with E-state index < -0.39 is 5.91 Å². The third-order valence-corrected chi connectivity index (χ3v) is 7.65. The van der Waals surface area contributed by atoms with E-state index in [1.54, 1.807) is 24.3 Å². The molecule has 10 heteroatoms. The third kappa shape index (κ3) is 6.64. The van der Waals surface area contributed by atoms with Gasteiger partial charge < -0.3 is 20.5 Å². The Balaban J connectivity index is 1.43. The van der Waals surface area contributed by atoms with E-state index >= 15 is 0 Å². The Morgan fingerprint density at radius 3 is 2.76 bits per heavy atom. The van der Waals surface area contributed by atoms with Crippen LogP contribution in [0.1, 0.15) is 37.3 Å². The molecule has 1 aliphatic heterocycles. The third-order valence-electron chi connectivity index (χ3n) is 7.34. The molecule has 3 N–H and O–H groups in total. The minimum Gasteiger partial charge on any atom is -0.493 e. The van der Waals surface area contributed by atoms with Crippen molar-refractivity contribution in [2.75, 3.05) is 25.0 Å². The monoisotopic (exact) mass is 589 g/mol. The van der Waals surface area contributed by atoms with Crippen molar-refractivity contribution in [2.24, 2.45) is 5.73 Å². The molecule has 3 aromatic carbocycles. The van der Waals surface area contributed by atoms with Crippen molar-refractivity contribution in [3.63, 3.8) is 0 Å². The Morgan fingerprint density at radius 2 is 2.02 bits per heavy atom. The highest BCUT2D eigenvalue weighted by Gasteiger charge is 2.33. The lowest BCUT2D eigenvalue weighted by Crippen LogP contribution is -2.28. The van der Waals surface area contributed by atoms with Gasteiger partial charge in [-0.25, -0.2) is 14.4 Å². The number of fused-ring (bicyclic) bond motifs is 1. The van der Waals surface area contributed by atoms with Crippen LogP contribution in [0.2, 0.25) is 5.02 Å². The fourth-order valence-electron chi connectivity index (χ4n) is 5.39. The van der Waals surface area contributed by atoms with Crippen LogP contribution < -0.4 is 20.5 Å². The van der Waals surface area contributed by atoms with Crippen LogP contribution in [0.3, 0.4) is 0 Å². The van der Waals surface area contributed by atoms with Gasteiger partial charge in [-0.1, -0.05) is 42.8 Å². The molecule has 0 radical (unpaired) electrons. The summed E-state index contributed by atoms with van der Waals surface area (Å²) in [6.07, 6.45) is 5.65. The molecule has 4 aromatic rings. The van der Waals surface area contributed by atoms with Crippen molar-refractivity contribution in [3.8, 4) is 11.5 Å². The second-order valence-electron chi connectivity index (χ2n) is 10.1. The van der Waals surface area contributed by atoms with E-state index in [0.29, 0.717) is 28.9 Å². The van der Waals surface area contributed by atoms with Gasteiger partial charge in [-0.05, 0) is 61.3 Å². The molecule has 0 aliphatic carbocycles. The highest BCUT2D eigenvalue weighted by Crippen LogP contribution is 2.43. The summed E-state index contributed by atoms with van der Waals surface area (Å²) in [6, 6.07) is 15.7. The maximum atomic E-state index is 13.5. The van der Waals surface area contributed by atoms with E-state index in [-0.39, 0.29) is 24.4 Å². The number of amides is 1. The van der Waals surface area contributed by atoms with E-state index in [1.807, 2.05) is 25.1 Å². The molecule has 1 aromatic heterocycles. The summed E-state index contributed by atoms with van der Waals surface area (Å²) in [5, 5.41) is 4.56. The Hall–Kier alpha value is -4.21. The zero-order chi connectivity index (χ0) is 29.6. The van der Waals surface area contributed by atoms with Gasteiger partial charge >= 0.3 is 0 Å². The summed E-state index contributed by atoms with van der Waals surface area (Å²) in [5.74, 6) is 1.26. The molecular weight excluding hydrogens is 557 g/mol. The average molecular weight is 590 g/mol. The minimum absolute atomic E-state index is 0.0998. The van der Waals surface area contributed by atoms with Gasteiger partial charge in [0.05, 0.1) is 28.2 Å². The van der Waals surface area contributed by atoms with Crippen molar-refractivity contribution in [1.29, 1.82) is 0 Å². The zero-order valence-electron chi connectivity index (χ0n) is 23.5. The number of carbonyl (C=O) groups is 1. The molecule has 8 nitrogen and oxygen atoms in total. The van der Waals surface area contributed by atoms with Gasteiger partial charge in [0, 0.05) is 30.6 Å². The second-order valence-corrected chi connectivity index (χ2v) is 10.5. The molecule has 2 heterocycles. The number of ether oxygens (including phenoxy) is 2. The van der Waals surface area contributed by atoms with Crippen LogP contribution in [0.5, 0.6) is 11.5 Å². The Bertz CT molecular complexity index is 1610. The fraction of sp³-hybridized carbons (Fsp3) is 0.281. The molecule has 2 atom stereocenters. The van der Waals surface area contributed by atoms with Crippen molar-refractivity contribution in [1.82, 2.24) is 14.9 Å². The molecule has 0 bridgehead atoms. The first-order valence-electron chi connectivity index (χ1n) is 13.9. The van der Waals surface area contributed by atoms with Crippen LogP contribution in [0, 0.1) is 5.82 Å². The van der Waals surface area contributed by atoms with Gasteiger partial charge in [0.25, 0.3) is 0 Å². The van der Waals surface area contributed by atoms with Gasteiger partial charge in [-0.3, -0.25) is 9.69 Å². The minimum atomic E-state index is -0.451. The SMILES string of the molecule is CCOc1c(C2CC(/C=C/C(N)=O)N(CC)C2)ccc2ncnc(Nc3ccc(OCc4cccc(F)c4)cc3Cl)c12. The van der Waals surface area contributed by atoms with Gasteiger partial charge in [0.2, 0.25) is 5.91 Å². The number of anilines is 2. The van der Waals surface area contributed by atoms with Crippen LogP contribution in [0.25, 0.3) is 10.9 Å². The van der Waals surface area contributed by atoms with E-state index in [2.05, 4.69) is 33.2 Å². The van der Waals surface area contributed by atoms with E-state index in [1.165, 1.54) is 24.5 Å². The average Bonchev–Trinajstić information content (AvgIpc) is 3.39. The van der Waals surface area contributed by atoms with E-state index in [9.17, 15) is 9.18 Å². The van der Waals surface area contributed by atoms with Crippen molar-refractivity contribution in [2.45, 2.75) is 38.8 Å². The largest absolute Gasteiger partial charge is 0.493 e. The van der Waals surface area contributed by atoms with Crippen molar-refractivity contribution >= 4 is 39.9 Å². The number of primary amides is 1. The predicted octanol–water partition coefficient (Wildman–Crippen LogP) is 6.36. The summed E-state index contributed by atoms with van der Waals surface area (Å²) in [6.45, 7) is 6.40. The molecule has 0 saturated carbocycles. The van der Waals surface area contributed by atoms with Crippen molar-refractivity contribution < 1.29 is 18.7 Å². The maximum Gasteiger partial charge on any atom is 0.241 e. The number of rotatable bonds is 11. The number of likely N-dealkylation sites (N-methyl/N-ethyl adjacent to an activating group) is 1. The summed E-state index contributed by atoms with van der Waals surface area (Å²) in [4.78, 5) is 22.7. The number of hydrogen-bond acceptors (Lipinski definition) is 7. The number of nitrogens with two attached hydrogens (primary N) is 1. The van der Waals surface area contributed by atoms with Gasteiger partial charge in [-0.2, -0.15) is 0 Å². The maximum absolute atomic E-state index is 13.5. The summed E-state index contributed by atoms with van der Waals surface area (Å²) in [5.41, 5.74) is 8.51. The van der Waals surface area contributed by atoms with E-state index in [4.69, 9.17) is 26.8 Å². The first-order chi connectivity index (χ1) is 20.4. The topological polar surface area (TPSA) is 103 Å². The lowest BCUT2D eigenvalue weighted by atomic mass is 9.93. The predicted molar refractivity (Wildman–Crippen MR) is 163 cm³/mol. The lowest BCUT2D eigenvalue weighted by molar-refractivity contribution is -0.113. The normalized spacial score (nSPS) is 17.1. The van der Waals surface area contributed by atoms with Crippen LogP contribution in [-0.2, 0) is 11.4 Å².